The summed E-state index contributed by atoms with van der Waals surface area (Å²) in [6.45, 7) is 9.35. The fourth-order valence-electron chi connectivity index (χ4n) is 3.80. The van der Waals surface area contributed by atoms with Gasteiger partial charge in [-0.05, 0) is 43.6 Å². The second-order valence-electron chi connectivity index (χ2n) is 8.43. The Bertz CT molecular complexity index is 658. The Labute approximate surface area is 186 Å². The van der Waals surface area contributed by atoms with Crippen LogP contribution in [0.15, 0.2) is 35.3 Å². The van der Waals surface area contributed by atoms with E-state index in [2.05, 4.69) is 47.9 Å². The number of aliphatic imine (C=N–C) groups is 1. The summed E-state index contributed by atoms with van der Waals surface area (Å²) in [6.07, 6.45) is 4.60. The lowest BCUT2D eigenvalue weighted by atomic mass is 9.97. The monoisotopic (exact) mass is 498 g/mol. The maximum Gasteiger partial charge on any atom is 0.225 e. The largest absolute Gasteiger partial charge is 0.357 e. The van der Waals surface area contributed by atoms with Crippen molar-refractivity contribution in [3.8, 4) is 0 Å². The normalized spacial score (nSPS) is 20.6. The fraction of sp³-hybridized carbons (Fsp3) is 0.636. The molecule has 5 nitrogen and oxygen atoms in total. The highest BCUT2D eigenvalue weighted by molar-refractivity contribution is 14.0. The molecule has 1 heterocycles. The predicted octanol–water partition coefficient (Wildman–Crippen LogP) is 3.44. The van der Waals surface area contributed by atoms with E-state index < -0.39 is 0 Å². The molecule has 1 amide bonds. The summed E-state index contributed by atoms with van der Waals surface area (Å²) in [7, 11) is 0. The van der Waals surface area contributed by atoms with Crippen LogP contribution in [0.3, 0.4) is 0 Å². The average Bonchev–Trinajstić information content (AvgIpc) is 3.26. The lowest BCUT2D eigenvalue weighted by Gasteiger charge is -2.21. The first-order valence-electron chi connectivity index (χ1n) is 10.4. The lowest BCUT2D eigenvalue weighted by Crippen LogP contribution is -2.45. The van der Waals surface area contributed by atoms with Gasteiger partial charge in [0.2, 0.25) is 5.91 Å². The Morgan fingerprint density at radius 3 is 2.61 bits per heavy atom. The number of halogens is 1. The van der Waals surface area contributed by atoms with Crippen molar-refractivity contribution in [2.45, 2.75) is 52.5 Å². The number of carbonyl (C=O) groups is 1. The van der Waals surface area contributed by atoms with E-state index in [0.29, 0.717) is 5.41 Å². The predicted molar refractivity (Wildman–Crippen MR) is 126 cm³/mol. The second kappa shape index (κ2) is 10.5. The first kappa shape index (κ1) is 23.0. The highest BCUT2D eigenvalue weighted by atomic mass is 127. The Morgan fingerprint density at radius 2 is 2.00 bits per heavy atom. The van der Waals surface area contributed by atoms with E-state index in [0.717, 1.165) is 45.0 Å². The highest BCUT2D eigenvalue weighted by Crippen LogP contribution is 2.48. The number of carbonyl (C=O) groups excluding carboxylic acids is 1. The summed E-state index contributed by atoms with van der Waals surface area (Å²) >= 11 is 0. The van der Waals surface area contributed by atoms with Gasteiger partial charge in [-0.25, -0.2) is 0 Å². The van der Waals surface area contributed by atoms with Gasteiger partial charge in [0.05, 0.1) is 0 Å². The molecule has 0 radical (unpaired) electrons. The van der Waals surface area contributed by atoms with Crippen molar-refractivity contribution >= 4 is 35.8 Å². The van der Waals surface area contributed by atoms with E-state index in [9.17, 15) is 4.79 Å². The minimum absolute atomic E-state index is 0. The molecule has 1 atom stereocenters. The van der Waals surface area contributed by atoms with Crippen molar-refractivity contribution in [3.05, 3.63) is 35.9 Å². The molecule has 1 aliphatic carbocycles. The minimum atomic E-state index is 0. The zero-order valence-corrected chi connectivity index (χ0v) is 19.7. The minimum Gasteiger partial charge on any atom is -0.357 e. The highest BCUT2D eigenvalue weighted by Gasteiger charge is 2.42. The Kier molecular flexibility index (Phi) is 8.58. The molecule has 1 saturated carbocycles. The van der Waals surface area contributed by atoms with Crippen molar-refractivity contribution < 1.29 is 4.79 Å². The number of likely N-dealkylation sites (tertiary alicyclic amines) is 1. The van der Waals surface area contributed by atoms with Crippen molar-refractivity contribution in [2.24, 2.45) is 16.3 Å². The summed E-state index contributed by atoms with van der Waals surface area (Å²) < 4.78 is 0. The molecule has 0 aromatic heterocycles. The van der Waals surface area contributed by atoms with Gasteiger partial charge in [-0.1, -0.05) is 44.2 Å². The number of amides is 1. The molecule has 0 spiro atoms. The van der Waals surface area contributed by atoms with E-state index in [1.54, 1.807) is 0 Å². The van der Waals surface area contributed by atoms with Crippen LogP contribution in [0.5, 0.6) is 0 Å². The van der Waals surface area contributed by atoms with Crippen LogP contribution < -0.4 is 10.6 Å². The molecular formula is C22H35IN4O. The van der Waals surface area contributed by atoms with Crippen molar-refractivity contribution in [3.63, 3.8) is 0 Å². The third kappa shape index (κ3) is 6.36. The van der Waals surface area contributed by atoms with Gasteiger partial charge in [0.15, 0.2) is 5.96 Å². The van der Waals surface area contributed by atoms with Crippen LogP contribution in [0, 0.1) is 11.3 Å². The molecule has 156 valence electrons. The van der Waals surface area contributed by atoms with Gasteiger partial charge in [0.25, 0.3) is 0 Å². The number of nitrogens with zero attached hydrogens (tertiary/aromatic N) is 2. The van der Waals surface area contributed by atoms with Crippen LogP contribution in [0.2, 0.25) is 0 Å². The zero-order chi connectivity index (χ0) is 19.3. The molecule has 2 aliphatic rings. The summed E-state index contributed by atoms with van der Waals surface area (Å²) in [6, 6.07) is 11.0. The third-order valence-electron chi connectivity index (χ3n) is 5.63. The average molecular weight is 498 g/mol. The molecule has 28 heavy (non-hydrogen) atoms. The van der Waals surface area contributed by atoms with Gasteiger partial charge < -0.3 is 15.5 Å². The summed E-state index contributed by atoms with van der Waals surface area (Å²) in [5.41, 5.74) is 1.74. The fourth-order valence-corrected chi connectivity index (χ4v) is 3.80. The van der Waals surface area contributed by atoms with Crippen LogP contribution in [0.1, 0.15) is 45.6 Å². The standard InChI is InChI=1S/C22H34N4O.HI/c1-4-23-21(25-19-10-13-26(15-19)20(27)17(2)3)24-16-22(11-12-22)14-18-8-6-5-7-9-18;/h5-9,17,19H,4,10-16H2,1-3H3,(H2,23,24,25);1H. The molecule has 0 bridgehead atoms. The van der Waals surface area contributed by atoms with E-state index in [4.69, 9.17) is 4.99 Å². The topological polar surface area (TPSA) is 56.7 Å². The number of guanidine groups is 1. The number of benzene rings is 1. The van der Waals surface area contributed by atoms with Gasteiger partial charge in [0.1, 0.15) is 0 Å². The van der Waals surface area contributed by atoms with Gasteiger partial charge in [-0.15, -0.1) is 24.0 Å². The van der Waals surface area contributed by atoms with E-state index in [-0.39, 0.29) is 41.8 Å². The Morgan fingerprint density at radius 1 is 1.29 bits per heavy atom. The van der Waals surface area contributed by atoms with E-state index >= 15 is 0 Å². The molecule has 1 aliphatic heterocycles. The van der Waals surface area contributed by atoms with Gasteiger partial charge in [0, 0.05) is 38.1 Å². The second-order valence-corrected chi connectivity index (χ2v) is 8.43. The van der Waals surface area contributed by atoms with Crippen LogP contribution in [-0.4, -0.2) is 49.0 Å². The van der Waals surface area contributed by atoms with Crippen LogP contribution in [0.25, 0.3) is 0 Å². The lowest BCUT2D eigenvalue weighted by molar-refractivity contribution is -0.133. The number of hydrogen-bond acceptors (Lipinski definition) is 2. The first-order chi connectivity index (χ1) is 13.0. The maximum atomic E-state index is 12.2. The molecule has 1 aromatic carbocycles. The summed E-state index contributed by atoms with van der Waals surface area (Å²) in [5.74, 6) is 1.21. The first-order valence-corrected chi connectivity index (χ1v) is 10.4. The molecule has 3 rings (SSSR count). The molecule has 1 unspecified atom stereocenters. The number of nitrogens with one attached hydrogen (secondary N) is 2. The number of rotatable bonds is 7. The smallest absolute Gasteiger partial charge is 0.225 e. The Balaban J connectivity index is 0.00000280. The number of hydrogen-bond donors (Lipinski definition) is 2. The maximum absolute atomic E-state index is 12.2. The van der Waals surface area contributed by atoms with Crippen molar-refractivity contribution in [1.29, 1.82) is 0 Å². The molecule has 6 heteroatoms. The molecule has 1 saturated heterocycles. The van der Waals surface area contributed by atoms with Gasteiger partial charge in [-0.3, -0.25) is 9.79 Å². The summed E-state index contributed by atoms with van der Waals surface area (Å²) in [4.78, 5) is 19.1. The Hall–Kier alpha value is -1.31. The van der Waals surface area contributed by atoms with Gasteiger partial charge >= 0.3 is 0 Å². The molecular weight excluding hydrogens is 463 g/mol. The molecule has 2 fully saturated rings. The van der Waals surface area contributed by atoms with Crippen LogP contribution in [0.4, 0.5) is 0 Å². The van der Waals surface area contributed by atoms with Gasteiger partial charge in [-0.2, -0.15) is 0 Å². The molecule has 1 aromatic rings. The SMILES string of the molecule is CCNC(=NCC1(Cc2ccccc2)CC1)NC1CCN(C(=O)C(C)C)C1.I. The summed E-state index contributed by atoms with van der Waals surface area (Å²) in [5, 5.41) is 6.93. The van der Waals surface area contributed by atoms with Crippen molar-refractivity contribution in [1.82, 2.24) is 15.5 Å². The van der Waals surface area contributed by atoms with E-state index in [1.807, 2.05) is 18.7 Å². The zero-order valence-electron chi connectivity index (χ0n) is 17.4. The van der Waals surface area contributed by atoms with Crippen molar-refractivity contribution in [2.75, 3.05) is 26.2 Å². The van der Waals surface area contributed by atoms with Crippen LogP contribution >= 0.6 is 24.0 Å². The molecule has 2 N–H and O–H groups in total. The third-order valence-corrected chi connectivity index (χ3v) is 5.63. The van der Waals surface area contributed by atoms with E-state index in [1.165, 1.54) is 18.4 Å². The van der Waals surface area contributed by atoms with Crippen LogP contribution in [-0.2, 0) is 11.2 Å². The quantitative estimate of drug-likeness (QED) is 0.344.